The van der Waals surface area contributed by atoms with Crippen LogP contribution in [0.1, 0.15) is 15.2 Å². The molecule has 0 fully saturated rings. The van der Waals surface area contributed by atoms with E-state index in [0.717, 1.165) is 13.0 Å². The average molecular weight is 297 g/mol. The third kappa shape index (κ3) is 3.24. The summed E-state index contributed by atoms with van der Waals surface area (Å²) in [5.74, 6) is -0.543. The number of aromatic nitrogens is 1. The smallest absolute Gasteiger partial charge is 0.337 e. The number of halogens is 1. The number of carboxylic acids is 1. The number of likely N-dealkylation sites (N-methyl/N-ethyl adjacent to an activating group) is 1. The van der Waals surface area contributed by atoms with Crippen LogP contribution >= 0.6 is 22.9 Å². The molecule has 19 heavy (non-hydrogen) atoms. The van der Waals surface area contributed by atoms with E-state index in [9.17, 15) is 4.79 Å². The number of rotatable bonds is 5. The SMILES string of the molecule is CN(CCc1cccs1)c1nccc(C(=O)O)c1Cl. The summed E-state index contributed by atoms with van der Waals surface area (Å²) in [5, 5.41) is 11.2. The van der Waals surface area contributed by atoms with E-state index in [0.29, 0.717) is 5.82 Å². The largest absolute Gasteiger partial charge is 0.478 e. The Kier molecular flexibility index (Phi) is 4.39. The normalized spacial score (nSPS) is 10.4. The van der Waals surface area contributed by atoms with Crippen LogP contribution in [0.25, 0.3) is 0 Å². The topological polar surface area (TPSA) is 53.4 Å². The van der Waals surface area contributed by atoms with Crippen LogP contribution in [0, 0.1) is 0 Å². The van der Waals surface area contributed by atoms with Crippen LogP contribution in [0.2, 0.25) is 5.02 Å². The lowest BCUT2D eigenvalue weighted by atomic mass is 10.2. The van der Waals surface area contributed by atoms with Crippen molar-refractivity contribution in [2.24, 2.45) is 0 Å². The third-order valence-corrected chi connectivity index (χ3v) is 4.05. The van der Waals surface area contributed by atoms with Crippen molar-refractivity contribution in [2.45, 2.75) is 6.42 Å². The molecule has 0 saturated carbocycles. The Morgan fingerprint density at radius 3 is 2.95 bits per heavy atom. The lowest BCUT2D eigenvalue weighted by Crippen LogP contribution is -2.22. The zero-order valence-electron chi connectivity index (χ0n) is 10.3. The summed E-state index contributed by atoms with van der Waals surface area (Å²) in [6, 6.07) is 5.48. The molecule has 2 aromatic rings. The maximum Gasteiger partial charge on any atom is 0.337 e. The molecule has 0 bridgehead atoms. The molecule has 2 rings (SSSR count). The Balaban J connectivity index is 2.12. The summed E-state index contributed by atoms with van der Waals surface area (Å²) in [7, 11) is 1.85. The molecule has 0 aromatic carbocycles. The fourth-order valence-corrected chi connectivity index (χ4v) is 2.74. The van der Waals surface area contributed by atoms with Crippen molar-refractivity contribution in [1.29, 1.82) is 0 Å². The number of thiophene rings is 1. The first-order valence-electron chi connectivity index (χ1n) is 5.71. The van der Waals surface area contributed by atoms with Crippen LogP contribution < -0.4 is 4.90 Å². The van der Waals surface area contributed by atoms with Gasteiger partial charge in [0, 0.05) is 24.7 Å². The van der Waals surface area contributed by atoms with Crippen LogP contribution in [0.3, 0.4) is 0 Å². The highest BCUT2D eigenvalue weighted by Crippen LogP contribution is 2.26. The summed E-state index contributed by atoms with van der Waals surface area (Å²) in [5.41, 5.74) is 0.0784. The molecule has 0 atom stereocenters. The molecule has 0 unspecified atom stereocenters. The summed E-state index contributed by atoms with van der Waals surface area (Å²) in [6.45, 7) is 0.732. The van der Waals surface area contributed by atoms with Crippen molar-refractivity contribution >= 4 is 34.7 Å². The van der Waals surface area contributed by atoms with E-state index in [4.69, 9.17) is 16.7 Å². The second kappa shape index (κ2) is 6.04. The van der Waals surface area contributed by atoms with Gasteiger partial charge in [-0.2, -0.15) is 0 Å². The second-order valence-electron chi connectivity index (χ2n) is 4.05. The number of hydrogen-bond donors (Lipinski definition) is 1. The highest BCUT2D eigenvalue weighted by molar-refractivity contribution is 7.09. The van der Waals surface area contributed by atoms with Gasteiger partial charge in [-0.3, -0.25) is 0 Å². The number of hydrogen-bond acceptors (Lipinski definition) is 4. The van der Waals surface area contributed by atoms with Crippen molar-refractivity contribution in [2.75, 3.05) is 18.5 Å². The molecule has 0 spiro atoms. The lowest BCUT2D eigenvalue weighted by molar-refractivity contribution is 0.0697. The van der Waals surface area contributed by atoms with Gasteiger partial charge < -0.3 is 10.0 Å². The first kappa shape index (κ1) is 13.8. The fraction of sp³-hybridized carbons (Fsp3) is 0.231. The standard InChI is InChI=1S/C13H13ClN2O2S/c1-16(7-5-9-3-2-8-19-9)12-11(14)10(13(17)18)4-6-15-12/h2-4,6,8H,5,7H2,1H3,(H,17,18). The number of pyridine rings is 1. The monoisotopic (exact) mass is 296 g/mol. The average Bonchev–Trinajstić information content (AvgIpc) is 2.89. The molecule has 0 saturated heterocycles. The predicted molar refractivity (Wildman–Crippen MR) is 77.5 cm³/mol. The van der Waals surface area contributed by atoms with Crippen molar-refractivity contribution in [3.63, 3.8) is 0 Å². The first-order valence-corrected chi connectivity index (χ1v) is 6.96. The molecule has 0 aliphatic carbocycles. The van der Waals surface area contributed by atoms with Gasteiger partial charge in [-0.15, -0.1) is 11.3 Å². The van der Waals surface area contributed by atoms with Gasteiger partial charge in [0.15, 0.2) is 0 Å². The molecule has 0 radical (unpaired) electrons. The Morgan fingerprint density at radius 2 is 2.32 bits per heavy atom. The molecule has 100 valence electrons. The van der Waals surface area contributed by atoms with Gasteiger partial charge in [0.2, 0.25) is 0 Å². The van der Waals surface area contributed by atoms with Crippen LogP contribution in [0.15, 0.2) is 29.8 Å². The number of nitrogens with zero attached hydrogens (tertiary/aromatic N) is 2. The number of carboxylic acid groups (broad SMARTS) is 1. The summed E-state index contributed by atoms with van der Waals surface area (Å²) in [6.07, 6.45) is 2.34. The molecule has 0 aliphatic heterocycles. The van der Waals surface area contributed by atoms with E-state index in [-0.39, 0.29) is 10.6 Å². The second-order valence-corrected chi connectivity index (χ2v) is 5.46. The van der Waals surface area contributed by atoms with Crippen molar-refractivity contribution in [1.82, 2.24) is 4.98 Å². The maximum absolute atomic E-state index is 11.0. The van der Waals surface area contributed by atoms with Crippen molar-refractivity contribution < 1.29 is 9.90 Å². The van der Waals surface area contributed by atoms with Gasteiger partial charge in [0.25, 0.3) is 0 Å². The van der Waals surface area contributed by atoms with Gasteiger partial charge in [-0.05, 0) is 23.9 Å². The van der Waals surface area contributed by atoms with Crippen molar-refractivity contribution in [3.8, 4) is 0 Å². The molecular weight excluding hydrogens is 284 g/mol. The highest BCUT2D eigenvalue weighted by Gasteiger charge is 2.15. The Labute approximate surface area is 120 Å². The summed E-state index contributed by atoms with van der Waals surface area (Å²) in [4.78, 5) is 18.3. The lowest BCUT2D eigenvalue weighted by Gasteiger charge is -2.19. The Morgan fingerprint density at radius 1 is 1.53 bits per heavy atom. The van der Waals surface area contributed by atoms with Crippen molar-refractivity contribution in [3.05, 3.63) is 45.2 Å². The first-order chi connectivity index (χ1) is 9.09. The van der Waals surface area contributed by atoms with E-state index in [2.05, 4.69) is 11.1 Å². The minimum absolute atomic E-state index is 0.0784. The minimum Gasteiger partial charge on any atom is -0.478 e. The van der Waals surface area contributed by atoms with Crippen LogP contribution in [-0.2, 0) is 6.42 Å². The zero-order chi connectivity index (χ0) is 13.8. The fourth-order valence-electron chi connectivity index (χ4n) is 1.70. The maximum atomic E-state index is 11.0. The number of anilines is 1. The van der Waals surface area contributed by atoms with Gasteiger partial charge in [-0.25, -0.2) is 9.78 Å². The molecular formula is C13H13ClN2O2S. The molecule has 2 heterocycles. The number of carbonyl (C=O) groups is 1. The van der Waals surface area contributed by atoms with Gasteiger partial charge >= 0.3 is 5.97 Å². The number of aromatic carboxylic acids is 1. The Hall–Kier alpha value is -1.59. The molecule has 6 heteroatoms. The summed E-state index contributed by atoms with van der Waals surface area (Å²) < 4.78 is 0. The van der Waals surface area contributed by atoms with E-state index < -0.39 is 5.97 Å². The van der Waals surface area contributed by atoms with Gasteiger partial charge in [0.1, 0.15) is 5.82 Å². The quantitative estimate of drug-likeness (QED) is 0.921. The van der Waals surface area contributed by atoms with Gasteiger partial charge in [0.05, 0.1) is 10.6 Å². The molecule has 2 aromatic heterocycles. The molecule has 1 N–H and O–H groups in total. The van der Waals surface area contributed by atoms with E-state index in [1.807, 2.05) is 23.4 Å². The predicted octanol–water partition coefficient (Wildman–Crippen LogP) is 3.17. The summed E-state index contributed by atoms with van der Waals surface area (Å²) >= 11 is 7.78. The van der Waals surface area contributed by atoms with Gasteiger partial charge in [-0.1, -0.05) is 17.7 Å². The highest BCUT2D eigenvalue weighted by atomic mass is 35.5. The molecule has 0 aliphatic rings. The molecule has 0 amide bonds. The zero-order valence-corrected chi connectivity index (χ0v) is 11.9. The van der Waals surface area contributed by atoms with Crippen LogP contribution in [-0.4, -0.2) is 29.7 Å². The third-order valence-electron chi connectivity index (χ3n) is 2.74. The Bertz CT molecular complexity index is 572. The minimum atomic E-state index is -1.04. The van der Waals surface area contributed by atoms with E-state index in [1.54, 1.807) is 11.3 Å². The van der Waals surface area contributed by atoms with Crippen LogP contribution in [0.5, 0.6) is 0 Å². The van der Waals surface area contributed by atoms with Crippen LogP contribution in [0.4, 0.5) is 5.82 Å². The van der Waals surface area contributed by atoms with E-state index >= 15 is 0 Å². The molecule has 4 nitrogen and oxygen atoms in total. The van der Waals surface area contributed by atoms with E-state index in [1.165, 1.54) is 17.1 Å².